The number of nitrogens with zero attached hydrogens (tertiary/aromatic N) is 1. The van der Waals surface area contributed by atoms with E-state index in [0.29, 0.717) is 0 Å². The average Bonchev–Trinajstić information content (AvgIpc) is 2.29. The largest absolute Gasteiger partial charge is 0.480 e. The fourth-order valence-corrected chi connectivity index (χ4v) is 1.62. The van der Waals surface area contributed by atoms with Gasteiger partial charge in [-0.3, -0.25) is 4.79 Å². The maximum atomic E-state index is 11.8. The summed E-state index contributed by atoms with van der Waals surface area (Å²) in [6.45, 7) is 5.39. The van der Waals surface area contributed by atoms with Gasteiger partial charge in [0.2, 0.25) is 0 Å². The molecule has 0 spiro atoms. The first-order chi connectivity index (χ1) is 7.97. The Kier molecular flexibility index (Phi) is 7.29. The standard InChI is InChI=1S/C11H22N2O4/c1-4-9(5-2)13(6-7-14)11(17)12-8(3)10(15)16/h8-9,14H,4-7H2,1-3H3,(H,12,17)(H,15,16). The van der Waals surface area contributed by atoms with E-state index < -0.39 is 18.0 Å². The number of aliphatic hydroxyl groups is 1. The van der Waals surface area contributed by atoms with Crippen LogP contribution in [-0.2, 0) is 4.79 Å². The molecule has 0 rings (SSSR count). The number of rotatable bonds is 7. The Balaban J connectivity index is 4.58. The highest BCUT2D eigenvalue weighted by atomic mass is 16.4. The zero-order valence-corrected chi connectivity index (χ0v) is 10.6. The number of nitrogens with one attached hydrogen (secondary N) is 1. The van der Waals surface area contributed by atoms with Crippen LogP contribution in [0.1, 0.15) is 33.6 Å². The molecule has 0 aromatic rings. The van der Waals surface area contributed by atoms with Gasteiger partial charge in [0.25, 0.3) is 0 Å². The number of hydrogen-bond acceptors (Lipinski definition) is 3. The maximum absolute atomic E-state index is 11.8. The molecule has 0 saturated heterocycles. The van der Waals surface area contributed by atoms with E-state index >= 15 is 0 Å². The van der Waals surface area contributed by atoms with Gasteiger partial charge in [-0.25, -0.2) is 4.79 Å². The Bertz CT molecular complexity index is 254. The molecule has 0 bridgehead atoms. The summed E-state index contributed by atoms with van der Waals surface area (Å²) in [5, 5.41) is 20.0. The molecule has 0 fully saturated rings. The van der Waals surface area contributed by atoms with Crippen molar-refractivity contribution in [3.63, 3.8) is 0 Å². The number of carboxylic acid groups (broad SMARTS) is 1. The monoisotopic (exact) mass is 246 g/mol. The van der Waals surface area contributed by atoms with Gasteiger partial charge >= 0.3 is 12.0 Å². The Morgan fingerprint density at radius 2 is 1.82 bits per heavy atom. The number of carbonyl (C=O) groups excluding carboxylic acids is 1. The molecule has 0 saturated carbocycles. The van der Waals surface area contributed by atoms with Crippen molar-refractivity contribution >= 4 is 12.0 Å². The second-order valence-electron chi connectivity index (χ2n) is 3.90. The summed E-state index contributed by atoms with van der Waals surface area (Å²) in [6.07, 6.45) is 1.54. The minimum absolute atomic E-state index is 0.0168. The van der Waals surface area contributed by atoms with Gasteiger partial charge in [-0.15, -0.1) is 0 Å². The van der Waals surface area contributed by atoms with Crippen molar-refractivity contribution in [3.8, 4) is 0 Å². The van der Waals surface area contributed by atoms with E-state index in [1.165, 1.54) is 11.8 Å². The summed E-state index contributed by atoms with van der Waals surface area (Å²) in [6, 6.07) is -1.36. The Morgan fingerprint density at radius 1 is 1.29 bits per heavy atom. The maximum Gasteiger partial charge on any atom is 0.325 e. The normalized spacial score (nSPS) is 12.3. The van der Waals surface area contributed by atoms with E-state index in [0.717, 1.165) is 12.8 Å². The summed E-state index contributed by atoms with van der Waals surface area (Å²) in [5.41, 5.74) is 0. The van der Waals surface area contributed by atoms with E-state index in [9.17, 15) is 9.59 Å². The molecule has 0 aliphatic carbocycles. The molecule has 6 nitrogen and oxygen atoms in total. The molecule has 2 amide bonds. The number of hydrogen-bond donors (Lipinski definition) is 3. The van der Waals surface area contributed by atoms with E-state index in [4.69, 9.17) is 10.2 Å². The topological polar surface area (TPSA) is 89.9 Å². The van der Waals surface area contributed by atoms with Crippen molar-refractivity contribution in [3.05, 3.63) is 0 Å². The van der Waals surface area contributed by atoms with Crippen molar-refractivity contribution < 1.29 is 19.8 Å². The van der Waals surface area contributed by atoms with Gasteiger partial charge in [0.05, 0.1) is 6.61 Å². The van der Waals surface area contributed by atoms with Crippen LogP contribution in [-0.4, -0.2) is 52.3 Å². The van der Waals surface area contributed by atoms with Crippen molar-refractivity contribution in [1.29, 1.82) is 0 Å². The summed E-state index contributed by atoms with van der Waals surface area (Å²) in [7, 11) is 0. The minimum Gasteiger partial charge on any atom is -0.480 e. The molecular weight excluding hydrogens is 224 g/mol. The second kappa shape index (κ2) is 7.89. The predicted molar refractivity (Wildman–Crippen MR) is 63.8 cm³/mol. The van der Waals surface area contributed by atoms with E-state index in [1.807, 2.05) is 13.8 Å². The van der Waals surface area contributed by atoms with Gasteiger partial charge in [0.1, 0.15) is 6.04 Å². The minimum atomic E-state index is -1.08. The quantitative estimate of drug-likeness (QED) is 0.615. The van der Waals surface area contributed by atoms with Crippen LogP contribution in [0.4, 0.5) is 4.79 Å². The molecule has 0 aromatic heterocycles. The van der Waals surface area contributed by atoms with Crippen molar-refractivity contribution in [2.24, 2.45) is 0 Å². The second-order valence-corrected chi connectivity index (χ2v) is 3.90. The molecular formula is C11H22N2O4. The van der Waals surface area contributed by atoms with Crippen LogP contribution in [0.2, 0.25) is 0 Å². The van der Waals surface area contributed by atoms with Crippen molar-refractivity contribution in [2.75, 3.05) is 13.2 Å². The third-order valence-corrected chi connectivity index (χ3v) is 2.70. The highest BCUT2D eigenvalue weighted by Crippen LogP contribution is 2.08. The van der Waals surface area contributed by atoms with Gasteiger partial charge in [-0.2, -0.15) is 0 Å². The number of amides is 2. The molecule has 17 heavy (non-hydrogen) atoms. The van der Waals surface area contributed by atoms with E-state index in [-0.39, 0.29) is 19.2 Å². The number of carbonyl (C=O) groups is 2. The lowest BCUT2D eigenvalue weighted by Crippen LogP contribution is -2.51. The highest BCUT2D eigenvalue weighted by Gasteiger charge is 2.23. The van der Waals surface area contributed by atoms with Crippen LogP contribution in [0.15, 0.2) is 0 Å². The molecule has 3 N–H and O–H groups in total. The van der Waals surface area contributed by atoms with Crippen molar-refractivity contribution in [2.45, 2.75) is 45.7 Å². The lowest BCUT2D eigenvalue weighted by Gasteiger charge is -2.30. The Morgan fingerprint density at radius 3 is 2.18 bits per heavy atom. The van der Waals surface area contributed by atoms with Gasteiger partial charge in [-0.05, 0) is 19.8 Å². The van der Waals surface area contributed by atoms with Gasteiger partial charge < -0.3 is 20.4 Å². The first kappa shape index (κ1) is 15.7. The SMILES string of the molecule is CCC(CC)N(CCO)C(=O)NC(C)C(=O)O. The molecule has 0 aliphatic heterocycles. The lowest BCUT2D eigenvalue weighted by atomic mass is 10.1. The number of carboxylic acids is 1. The molecule has 1 atom stereocenters. The molecule has 0 aromatic carbocycles. The number of aliphatic hydroxyl groups excluding tert-OH is 1. The smallest absolute Gasteiger partial charge is 0.325 e. The predicted octanol–water partition coefficient (Wildman–Crippen LogP) is 0.652. The lowest BCUT2D eigenvalue weighted by molar-refractivity contribution is -0.138. The molecule has 100 valence electrons. The highest BCUT2D eigenvalue weighted by molar-refractivity contribution is 5.82. The fraction of sp³-hybridized carbons (Fsp3) is 0.818. The summed E-state index contributed by atoms with van der Waals surface area (Å²) >= 11 is 0. The molecule has 6 heteroatoms. The van der Waals surface area contributed by atoms with Gasteiger partial charge in [0, 0.05) is 12.6 Å². The van der Waals surface area contributed by atoms with Gasteiger partial charge in [0.15, 0.2) is 0 Å². The zero-order chi connectivity index (χ0) is 13.4. The van der Waals surface area contributed by atoms with Crippen LogP contribution < -0.4 is 5.32 Å². The van der Waals surface area contributed by atoms with E-state index in [2.05, 4.69) is 5.32 Å². The number of urea groups is 1. The summed E-state index contributed by atoms with van der Waals surface area (Å²) < 4.78 is 0. The first-order valence-electron chi connectivity index (χ1n) is 5.88. The number of aliphatic carboxylic acids is 1. The van der Waals surface area contributed by atoms with Crippen LogP contribution in [0, 0.1) is 0 Å². The van der Waals surface area contributed by atoms with Crippen LogP contribution in [0.5, 0.6) is 0 Å². The molecule has 0 heterocycles. The zero-order valence-electron chi connectivity index (χ0n) is 10.6. The van der Waals surface area contributed by atoms with Crippen molar-refractivity contribution in [1.82, 2.24) is 10.2 Å². The summed E-state index contributed by atoms with van der Waals surface area (Å²) in [4.78, 5) is 24.0. The Hall–Kier alpha value is -1.30. The fourth-order valence-electron chi connectivity index (χ4n) is 1.62. The van der Waals surface area contributed by atoms with Gasteiger partial charge in [-0.1, -0.05) is 13.8 Å². The third-order valence-electron chi connectivity index (χ3n) is 2.70. The van der Waals surface area contributed by atoms with E-state index in [1.54, 1.807) is 0 Å². The summed E-state index contributed by atoms with van der Waals surface area (Å²) in [5.74, 6) is -1.08. The Labute approximate surface area is 102 Å². The molecule has 0 aliphatic rings. The molecule has 1 unspecified atom stereocenters. The first-order valence-corrected chi connectivity index (χ1v) is 5.88. The third kappa shape index (κ3) is 5.04. The van der Waals surface area contributed by atoms with Crippen LogP contribution >= 0.6 is 0 Å². The average molecular weight is 246 g/mol. The van der Waals surface area contributed by atoms with Crippen LogP contribution in [0.25, 0.3) is 0 Å². The van der Waals surface area contributed by atoms with Crippen LogP contribution in [0.3, 0.4) is 0 Å². The molecule has 0 radical (unpaired) electrons.